The molecule has 0 radical (unpaired) electrons. The number of aliphatic hydroxyl groups is 1. The number of likely N-dealkylation sites (tertiary alicyclic amines) is 1. The van der Waals surface area contributed by atoms with E-state index in [9.17, 15) is 14.7 Å². The van der Waals surface area contributed by atoms with Crippen molar-refractivity contribution in [3.63, 3.8) is 0 Å². The van der Waals surface area contributed by atoms with Gasteiger partial charge in [0.1, 0.15) is 5.69 Å². The van der Waals surface area contributed by atoms with Crippen molar-refractivity contribution in [2.24, 2.45) is 5.92 Å². The maximum atomic E-state index is 13.4. The summed E-state index contributed by atoms with van der Waals surface area (Å²) in [7, 11) is 5.48. The van der Waals surface area contributed by atoms with Gasteiger partial charge in [-0.25, -0.2) is 4.98 Å². The molecule has 35 heavy (non-hydrogen) atoms. The molecule has 8 nitrogen and oxygen atoms in total. The van der Waals surface area contributed by atoms with E-state index in [1.807, 2.05) is 48.3 Å². The Bertz CT molecular complexity index is 1260. The van der Waals surface area contributed by atoms with Gasteiger partial charge in [0.25, 0.3) is 11.8 Å². The predicted molar refractivity (Wildman–Crippen MR) is 133 cm³/mol. The molecule has 180 valence electrons. The topological polar surface area (TPSA) is 89.9 Å². The Labute approximate surface area is 204 Å². The molecule has 2 aliphatic rings. The molecule has 3 atom stereocenters. The molecular formula is C27H29N5O3. The summed E-state index contributed by atoms with van der Waals surface area (Å²) in [6.45, 7) is 0.603. The lowest BCUT2D eigenvalue weighted by Crippen LogP contribution is -2.48. The number of hydrogen-bond donors (Lipinski definition) is 1. The van der Waals surface area contributed by atoms with Gasteiger partial charge in [-0.05, 0) is 47.4 Å². The number of carbonyl (C=O) groups is 2. The third-order valence-corrected chi connectivity index (χ3v) is 7.24. The zero-order valence-corrected chi connectivity index (χ0v) is 20.1. The standard InChI is InChI=1S/C27H29N5O3/c1-30(2)26(34)19-6-4-5-17(13-19)18-7-8-23-21(14-18)25-20(24(16-33)31(23)3)9-12-32(25)27(35)22-15-28-10-11-29-22/h4-8,10-11,13-15,20,24-25,33H,9,12,16H2,1-3H3/t20-,24+,25-/m0/s1. The molecule has 3 aromatic rings. The van der Waals surface area contributed by atoms with E-state index in [0.29, 0.717) is 17.8 Å². The van der Waals surface area contributed by atoms with Crippen molar-refractivity contribution >= 4 is 17.5 Å². The van der Waals surface area contributed by atoms with Gasteiger partial charge >= 0.3 is 0 Å². The van der Waals surface area contributed by atoms with E-state index < -0.39 is 0 Å². The maximum absolute atomic E-state index is 13.4. The van der Waals surface area contributed by atoms with Crippen molar-refractivity contribution < 1.29 is 14.7 Å². The van der Waals surface area contributed by atoms with E-state index in [2.05, 4.69) is 20.9 Å². The van der Waals surface area contributed by atoms with Crippen molar-refractivity contribution in [3.8, 4) is 11.1 Å². The quantitative estimate of drug-likeness (QED) is 0.629. The lowest BCUT2D eigenvalue weighted by molar-refractivity contribution is 0.0687. The number of hydrogen-bond acceptors (Lipinski definition) is 6. The van der Waals surface area contributed by atoms with Crippen molar-refractivity contribution in [2.45, 2.75) is 18.5 Å². The molecule has 2 aliphatic heterocycles. The lowest BCUT2D eigenvalue weighted by Gasteiger charge is -2.44. The Morgan fingerprint density at radius 1 is 1.11 bits per heavy atom. The highest BCUT2D eigenvalue weighted by Gasteiger charge is 2.48. The monoisotopic (exact) mass is 471 g/mol. The number of anilines is 1. The fraction of sp³-hybridized carbons (Fsp3) is 0.333. The molecule has 0 spiro atoms. The molecule has 5 rings (SSSR count). The molecule has 2 amide bonds. The van der Waals surface area contributed by atoms with Gasteiger partial charge in [0.05, 0.1) is 24.9 Å². The smallest absolute Gasteiger partial charge is 0.274 e. The predicted octanol–water partition coefficient (Wildman–Crippen LogP) is 2.86. The summed E-state index contributed by atoms with van der Waals surface area (Å²) in [6, 6.07) is 13.5. The van der Waals surface area contributed by atoms with Gasteiger partial charge in [0.2, 0.25) is 0 Å². The number of aliphatic hydroxyl groups excluding tert-OH is 1. The highest BCUT2D eigenvalue weighted by molar-refractivity contribution is 5.95. The minimum Gasteiger partial charge on any atom is -0.394 e. The summed E-state index contributed by atoms with van der Waals surface area (Å²) in [4.78, 5) is 39.8. The highest BCUT2D eigenvalue weighted by atomic mass is 16.3. The van der Waals surface area contributed by atoms with Crippen molar-refractivity contribution in [3.05, 3.63) is 77.9 Å². The number of likely N-dealkylation sites (N-methyl/N-ethyl adjacent to an activating group) is 1. The molecule has 0 saturated carbocycles. The lowest BCUT2D eigenvalue weighted by atomic mass is 9.81. The zero-order valence-electron chi connectivity index (χ0n) is 20.1. The molecule has 1 aromatic heterocycles. The van der Waals surface area contributed by atoms with E-state index in [0.717, 1.165) is 28.8 Å². The summed E-state index contributed by atoms with van der Waals surface area (Å²) in [5.41, 5.74) is 4.90. The van der Waals surface area contributed by atoms with Gasteiger partial charge in [-0.2, -0.15) is 0 Å². The average molecular weight is 472 g/mol. The zero-order chi connectivity index (χ0) is 24.7. The molecule has 3 heterocycles. The van der Waals surface area contributed by atoms with Crippen molar-refractivity contribution in [2.75, 3.05) is 39.2 Å². The largest absolute Gasteiger partial charge is 0.394 e. The van der Waals surface area contributed by atoms with E-state index in [-0.39, 0.29) is 36.4 Å². The molecule has 2 aromatic carbocycles. The van der Waals surface area contributed by atoms with E-state index in [4.69, 9.17) is 0 Å². The van der Waals surface area contributed by atoms with Crippen LogP contribution in [0.4, 0.5) is 5.69 Å². The molecular weight excluding hydrogens is 442 g/mol. The summed E-state index contributed by atoms with van der Waals surface area (Å²) in [5, 5.41) is 10.2. The Balaban J connectivity index is 1.59. The molecule has 1 N–H and O–H groups in total. The number of benzene rings is 2. The summed E-state index contributed by atoms with van der Waals surface area (Å²) in [6.07, 6.45) is 5.37. The summed E-state index contributed by atoms with van der Waals surface area (Å²) < 4.78 is 0. The van der Waals surface area contributed by atoms with Crippen LogP contribution in [0.1, 0.15) is 38.9 Å². The van der Waals surface area contributed by atoms with Crippen LogP contribution in [0, 0.1) is 5.92 Å². The second kappa shape index (κ2) is 9.11. The molecule has 0 aliphatic carbocycles. The number of aromatic nitrogens is 2. The molecule has 1 fully saturated rings. The van der Waals surface area contributed by atoms with Crippen LogP contribution >= 0.6 is 0 Å². The minimum absolute atomic E-state index is 0.0146. The fourth-order valence-electron chi connectivity index (χ4n) is 5.51. The van der Waals surface area contributed by atoms with Crippen LogP contribution in [0.15, 0.2) is 61.1 Å². The maximum Gasteiger partial charge on any atom is 0.274 e. The minimum atomic E-state index is -0.181. The highest BCUT2D eigenvalue weighted by Crippen LogP contribution is 2.49. The Hall–Kier alpha value is -3.78. The van der Waals surface area contributed by atoms with Crippen LogP contribution < -0.4 is 4.90 Å². The van der Waals surface area contributed by atoms with Crippen molar-refractivity contribution in [1.29, 1.82) is 0 Å². The van der Waals surface area contributed by atoms with Crippen LogP contribution in [-0.4, -0.2) is 77.0 Å². The Morgan fingerprint density at radius 2 is 1.91 bits per heavy atom. The Kier molecular flexibility index (Phi) is 5.98. The van der Waals surface area contributed by atoms with E-state index >= 15 is 0 Å². The van der Waals surface area contributed by atoms with E-state index in [1.165, 1.54) is 12.4 Å². The van der Waals surface area contributed by atoms with Crippen LogP contribution in [0.3, 0.4) is 0 Å². The Morgan fingerprint density at radius 3 is 2.63 bits per heavy atom. The first kappa shape index (κ1) is 23.0. The number of fused-ring (bicyclic) bond motifs is 3. The first-order chi connectivity index (χ1) is 16.9. The number of nitrogens with zero attached hydrogens (tertiary/aromatic N) is 5. The second-order valence-electron chi connectivity index (χ2n) is 9.40. The normalized spacial score (nSPS) is 20.9. The third-order valence-electron chi connectivity index (χ3n) is 7.24. The fourth-order valence-corrected chi connectivity index (χ4v) is 5.51. The van der Waals surface area contributed by atoms with Crippen molar-refractivity contribution in [1.82, 2.24) is 19.8 Å². The molecule has 1 saturated heterocycles. The molecule has 8 heteroatoms. The van der Waals surface area contributed by atoms with Crippen LogP contribution in [0.5, 0.6) is 0 Å². The summed E-state index contributed by atoms with van der Waals surface area (Å²) in [5.74, 6) is -0.108. The molecule has 0 unspecified atom stereocenters. The van der Waals surface area contributed by atoms with Crippen LogP contribution in [-0.2, 0) is 0 Å². The van der Waals surface area contributed by atoms with Crippen LogP contribution in [0.2, 0.25) is 0 Å². The van der Waals surface area contributed by atoms with Gasteiger partial charge in [-0.1, -0.05) is 18.2 Å². The van der Waals surface area contributed by atoms with E-state index in [1.54, 1.807) is 25.2 Å². The number of amides is 2. The summed E-state index contributed by atoms with van der Waals surface area (Å²) >= 11 is 0. The van der Waals surface area contributed by atoms with Gasteiger partial charge < -0.3 is 19.8 Å². The van der Waals surface area contributed by atoms with Gasteiger partial charge in [0.15, 0.2) is 0 Å². The average Bonchev–Trinajstić information content (AvgIpc) is 3.33. The van der Waals surface area contributed by atoms with Crippen LogP contribution in [0.25, 0.3) is 11.1 Å². The third kappa shape index (κ3) is 3.93. The second-order valence-corrected chi connectivity index (χ2v) is 9.40. The van der Waals surface area contributed by atoms with Gasteiger partial charge in [0, 0.05) is 57.3 Å². The number of carbonyl (C=O) groups excluding carboxylic acids is 2. The van der Waals surface area contributed by atoms with Gasteiger partial charge in [-0.15, -0.1) is 0 Å². The first-order valence-corrected chi connectivity index (χ1v) is 11.8. The van der Waals surface area contributed by atoms with Gasteiger partial charge in [-0.3, -0.25) is 14.6 Å². The first-order valence-electron chi connectivity index (χ1n) is 11.8. The SMILES string of the molecule is CN(C)C(=O)c1cccc(-c2ccc3c(c2)[C@@H]2[C@@H](CCN2C(=O)c2cnccn2)[C@@H](CO)N3C)c1. The molecule has 0 bridgehead atoms. The number of rotatable bonds is 4.